The number of cyclic esters (lactones) is 2. The van der Waals surface area contributed by atoms with Crippen molar-refractivity contribution in [3.63, 3.8) is 0 Å². The Hall–Kier alpha value is -0.850. The molecule has 0 saturated carbocycles. The van der Waals surface area contributed by atoms with E-state index in [1.807, 2.05) is 22.6 Å². The average Bonchev–Trinajstić information content (AvgIpc) is 2.24. The summed E-state index contributed by atoms with van der Waals surface area (Å²) in [5, 5.41) is 0. The van der Waals surface area contributed by atoms with E-state index < -0.39 is 11.9 Å². The number of halogens is 1. The van der Waals surface area contributed by atoms with Crippen LogP contribution >= 0.6 is 22.6 Å². The fourth-order valence-electron chi connectivity index (χ4n) is 0.675. The molecule has 1 aliphatic heterocycles. The van der Waals surface area contributed by atoms with E-state index in [1.54, 1.807) is 0 Å². The molecule has 1 fully saturated rings. The first kappa shape index (κ1) is 8.25. The van der Waals surface area contributed by atoms with Crippen molar-refractivity contribution in [1.29, 1.82) is 0 Å². The monoisotopic (exact) mass is 265 g/mol. The lowest BCUT2D eigenvalue weighted by molar-refractivity contribution is -0.149. The molecule has 1 heterocycles. The van der Waals surface area contributed by atoms with Gasteiger partial charge >= 0.3 is 11.9 Å². The van der Waals surface area contributed by atoms with Crippen LogP contribution in [0.4, 0.5) is 0 Å². The Bertz CT molecular complexity index is 252. The number of hydrogen-bond donors (Lipinski definition) is 1. The highest BCUT2D eigenvalue weighted by Crippen LogP contribution is 2.21. The summed E-state index contributed by atoms with van der Waals surface area (Å²) in [5.74, 6) is -1.32. The van der Waals surface area contributed by atoms with Gasteiger partial charge in [0.2, 0.25) is 0 Å². The van der Waals surface area contributed by atoms with Gasteiger partial charge < -0.3 is 10.5 Å². The fraction of sp³-hybridized carbons (Fsp3) is 0. The second-order valence-corrected chi connectivity index (χ2v) is 2.40. The van der Waals surface area contributed by atoms with Crippen LogP contribution in [0, 0.1) is 0 Å². The summed E-state index contributed by atoms with van der Waals surface area (Å²) in [6, 6.07) is 0. The largest absolute Gasteiger partial charge is 0.404 e. The smallest absolute Gasteiger partial charge is 0.348 e. The van der Waals surface area contributed by atoms with Crippen molar-refractivity contribution in [1.82, 2.24) is 0 Å². The van der Waals surface area contributed by atoms with Gasteiger partial charge in [-0.15, -0.1) is 0 Å². The standard InChI is InChI=1S/C6H4INO3/c7-1-3-4(2-8)6(10)11-5(3)9/h1-2H,8H2/b3-1+,4-2+. The zero-order valence-corrected chi connectivity index (χ0v) is 7.49. The molecule has 58 valence electrons. The summed E-state index contributed by atoms with van der Waals surface area (Å²) in [6.45, 7) is 0. The molecule has 0 amide bonds. The Kier molecular flexibility index (Phi) is 2.28. The predicted octanol–water partition coefficient (Wildman–Crippen LogP) is 0.231. The van der Waals surface area contributed by atoms with Gasteiger partial charge in [0.15, 0.2) is 0 Å². The molecule has 0 unspecified atom stereocenters. The van der Waals surface area contributed by atoms with E-state index in [1.165, 1.54) is 4.08 Å². The van der Waals surface area contributed by atoms with Crippen molar-refractivity contribution in [3.8, 4) is 0 Å². The van der Waals surface area contributed by atoms with Crippen molar-refractivity contribution in [2.75, 3.05) is 0 Å². The van der Waals surface area contributed by atoms with Crippen molar-refractivity contribution >= 4 is 34.5 Å². The molecular weight excluding hydrogens is 261 g/mol. The number of rotatable bonds is 0. The van der Waals surface area contributed by atoms with Crippen LogP contribution in [0.15, 0.2) is 21.4 Å². The summed E-state index contributed by atoms with van der Waals surface area (Å²) >= 11 is 1.84. The van der Waals surface area contributed by atoms with E-state index in [-0.39, 0.29) is 11.1 Å². The molecule has 1 saturated heterocycles. The van der Waals surface area contributed by atoms with Gasteiger partial charge in [0, 0.05) is 6.20 Å². The summed E-state index contributed by atoms with van der Waals surface area (Å²) < 4.78 is 5.73. The maximum atomic E-state index is 10.8. The number of nitrogens with two attached hydrogens (primary N) is 1. The number of carbonyl (C=O) groups excluding carboxylic acids is 2. The molecular formula is C6H4INO3. The van der Waals surface area contributed by atoms with Crippen molar-refractivity contribution in [3.05, 3.63) is 21.4 Å². The molecule has 1 aliphatic rings. The molecule has 0 atom stereocenters. The molecule has 0 aromatic rings. The number of carbonyl (C=O) groups is 2. The van der Waals surface area contributed by atoms with Gasteiger partial charge in [-0.2, -0.15) is 0 Å². The van der Waals surface area contributed by atoms with Crippen LogP contribution in [0.1, 0.15) is 0 Å². The average molecular weight is 265 g/mol. The lowest BCUT2D eigenvalue weighted by Gasteiger charge is -1.85. The lowest BCUT2D eigenvalue weighted by Crippen LogP contribution is -1.98. The minimum Gasteiger partial charge on any atom is -0.404 e. The van der Waals surface area contributed by atoms with Gasteiger partial charge in [-0.3, -0.25) is 0 Å². The Labute approximate surface area is 76.2 Å². The molecule has 11 heavy (non-hydrogen) atoms. The number of ether oxygens (including phenoxy) is 1. The first-order valence-electron chi connectivity index (χ1n) is 2.70. The Morgan fingerprint density at radius 3 is 2.18 bits per heavy atom. The molecule has 1 rings (SSSR count). The van der Waals surface area contributed by atoms with Crippen LogP contribution in [0.25, 0.3) is 0 Å². The van der Waals surface area contributed by atoms with Crippen LogP contribution in [-0.2, 0) is 14.3 Å². The zero-order chi connectivity index (χ0) is 8.43. The van der Waals surface area contributed by atoms with Crippen LogP contribution in [0.5, 0.6) is 0 Å². The number of hydrogen-bond acceptors (Lipinski definition) is 4. The quantitative estimate of drug-likeness (QED) is 0.294. The van der Waals surface area contributed by atoms with Crippen molar-refractivity contribution < 1.29 is 14.3 Å². The van der Waals surface area contributed by atoms with E-state index in [2.05, 4.69) is 4.74 Å². The van der Waals surface area contributed by atoms with E-state index in [9.17, 15) is 9.59 Å². The fourth-order valence-corrected chi connectivity index (χ4v) is 1.26. The van der Waals surface area contributed by atoms with Gasteiger partial charge in [0.05, 0.1) is 11.1 Å². The first-order valence-corrected chi connectivity index (χ1v) is 3.94. The highest BCUT2D eigenvalue weighted by atomic mass is 127. The molecule has 5 heteroatoms. The van der Waals surface area contributed by atoms with Gasteiger partial charge in [-0.25, -0.2) is 9.59 Å². The predicted molar refractivity (Wildman–Crippen MR) is 45.5 cm³/mol. The summed E-state index contributed by atoms with van der Waals surface area (Å²) in [5.41, 5.74) is 5.44. The SMILES string of the molecule is N/C=C1/C(=O)OC(=O)/C1=C/I. The van der Waals surface area contributed by atoms with E-state index in [4.69, 9.17) is 5.73 Å². The Morgan fingerprint density at radius 2 is 1.82 bits per heavy atom. The third-order valence-electron chi connectivity index (χ3n) is 1.19. The normalized spacial score (nSPS) is 24.8. The minimum absolute atomic E-state index is 0.129. The number of esters is 2. The van der Waals surface area contributed by atoms with Crippen LogP contribution in [0.2, 0.25) is 0 Å². The molecule has 0 spiro atoms. The summed E-state index contributed by atoms with van der Waals surface area (Å²) in [7, 11) is 0. The Balaban J connectivity index is 3.14. The first-order chi connectivity index (χ1) is 5.20. The third kappa shape index (κ3) is 1.28. The maximum Gasteiger partial charge on any atom is 0.348 e. The minimum atomic E-state index is -0.680. The van der Waals surface area contributed by atoms with Gasteiger partial charge in [0.1, 0.15) is 0 Å². The van der Waals surface area contributed by atoms with E-state index >= 15 is 0 Å². The van der Waals surface area contributed by atoms with Crippen LogP contribution < -0.4 is 5.73 Å². The van der Waals surface area contributed by atoms with Gasteiger partial charge in [-0.1, -0.05) is 22.6 Å². The lowest BCUT2D eigenvalue weighted by atomic mass is 10.2. The van der Waals surface area contributed by atoms with Crippen molar-refractivity contribution in [2.24, 2.45) is 5.73 Å². The highest BCUT2D eigenvalue weighted by Gasteiger charge is 2.32. The maximum absolute atomic E-state index is 10.8. The van der Waals surface area contributed by atoms with Crippen molar-refractivity contribution in [2.45, 2.75) is 0 Å². The second-order valence-electron chi connectivity index (χ2n) is 1.78. The molecule has 0 bridgehead atoms. The Morgan fingerprint density at radius 1 is 1.27 bits per heavy atom. The molecule has 4 nitrogen and oxygen atoms in total. The molecule has 0 aliphatic carbocycles. The highest BCUT2D eigenvalue weighted by molar-refractivity contribution is 14.1. The molecule has 0 aromatic heterocycles. The van der Waals surface area contributed by atoms with E-state index in [0.29, 0.717) is 0 Å². The van der Waals surface area contributed by atoms with Crippen LogP contribution in [-0.4, -0.2) is 11.9 Å². The summed E-state index contributed by atoms with van der Waals surface area (Å²) in [4.78, 5) is 21.5. The molecule has 2 N–H and O–H groups in total. The molecule has 0 aromatic carbocycles. The third-order valence-corrected chi connectivity index (χ3v) is 1.81. The summed E-state index contributed by atoms with van der Waals surface area (Å²) in [6.07, 6.45) is 1.07. The van der Waals surface area contributed by atoms with Gasteiger partial charge in [-0.05, 0) is 4.08 Å². The van der Waals surface area contributed by atoms with Crippen LogP contribution in [0.3, 0.4) is 0 Å². The van der Waals surface area contributed by atoms with E-state index in [0.717, 1.165) is 6.20 Å². The second kappa shape index (κ2) is 3.04. The molecule has 0 radical (unpaired) electrons. The topological polar surface area (TPSA) is 69.4 Å². The van der Waals surface area contributed by atoms with Gasteiger partial charge in [0.25, 0.3) is 0 Å². The zero-order valence-electron chi connectivity index (χ0n) is 5.33.